The number of benzene rings is 2. The van der Waals surface area contributed by atoms with Gasteiger partial charge in [-0.25, -0.2) is 9.18 Å². The molecule has 0 heterocycles. The number of hydrogen-bond donors (Lipinski definition) is 1. The number of carboxylic acid groups (broad SMARTS) is 1. The number of halogens is 2. The lowest BCUT2D eigenvalue weighted by Gasteiger charge is -2.18. The van der Waals surface area contributed by atoms with E-state index in [4.69, 9.17) is 16.7 Å². The number of rotatable bonds is 5. The molecular formula is C16H15ClFNO2. The molecule has 0 aliphatic heterocycles. The molecule has 0 aliphatic rings. The van der Waals surface area contributed by atoms with Crippen LogP contribution in [0.5, 0.6) is 0 Å². The molecule has 0 saturated heterocycles. The summed E-state index contributed by atoms with van der Waals surface area (Å²) in [5, 5.41) is 9.61. The average molecular weight is 308 g/mol. The summed E-state index contributed by atoms with van der Waals surface area (Å²) in [6.45, 7) is 0.856. The lowest BCUT2D eigenvalue weighted by Crippen LogP contribution is -2.18. The third kappa shape index (κ3) is 4.03. The summed E-state index contributed by atoms with van der Waals surface area (Å²) in [6.07, 6.45) is 0. The van der Waals surface area contributed by atoms with Gasteiger partial charge in [0.2, 0.25) is 0 Å². The van der Waals surface area contributed by atoms with Gasteiger partial charge < -0.3 is 5.11 Å². The Morgan fingerprint density at radius 3 is 2.52 bits per heavy atom. The van der Waals surface area contributed by atoms with Gasteiger partial charge >= 0.3 is 5.97 Å². The predicted molar refractivity (Wildman–Crippen MR) is 80.0 cm³/mol. The zero-order chi connectivity index (χ0) is 15.4. The molecule has 0 saturated carbocycles. The lowest BCUT2D eigenvalue weighted by atomic mass is 10.1. The first-order chi connectivity index (χ1) is 9.97. The van der Waals surface area contributed by atoms with Gasteiger partial charge in [-0.05, 0) is 36.9 Å². The van der Waals surface area contributed by atoms with Crippen LogP contribution in [0.1, 0.15) is 21.5 Å². The SMILES string of the molecule is CN(Cc1cc(C(=O)O)ccc1F)Cc1ccccc1Cl. The van der Waals surface area contributed by atoms with Crippen LogP contribution in [0.3, 0.4) is 0 Å². The van der Waals surface area contributed by atoms with Crippen molar-refractivity contribution in [3.63, 3.8) is 0 Å². The molecule has 0 aromatic heterocycles. The van der Waals surface area contributed by atoms with Crippen molar-refractivity contribution >= 4 is 17.6 Å². The van der Waals surface area contributed by atoms with E-state index >= 15 is 0 Å². The number of nitrogens with zero attached hydrogens (tertiary/aromatic N) is 1. The van der Waals surface area contributed by atoms with Crippen LogP contribution in [0.15, 0.2) is 42.5 Å². The van der Waals surface area contributed by atoms with Crippen LogP contribution in [-0.2, 0) is 13.1 Å². The number of aromatic carboxylic acids is 1. The molecule has 0 radical (unpaired) electrons. The number of hydrogen-bond acceptors (Lipinski definition) is 2. The summed E-state index contributed by atoms with van der Waals surface area (Å²) < 4.78 is 13.8. The molecule has 5 heteroatoms. The van der Waals surface area contributed by atoms with Crippen molar-refractivity contribution in [3.8, 4) is 0 Å². The molecule has 0 amide bonds. The van der Waals surface area contributed by atoms with E-state index in [9.17, 15) is 9.18 Å². The predicted octanol–water partition coefficient (Wildman–Crippen LogP) is 3.81. The van der Waals surface area contributed by atoms with Crippen LogP contribution in [0.25, 0.3) is 0 Å². The summed E-state index contributed by atoms with van der Waals surface area (Å²) in [4.78, 5) is 12.8. The highest BCUT2D eigenvalue weighted by molar-refractivity contribution is 6.31. The van der Waals surface area contributed by atoms with E-state index in [0.717, 1.165) is 5.56 Å². The molecule has 2 aromatic rings. The second-order valence-corrected chi connectivity index (χ2v) is 5.28. The summed E-state index contributed by atoms with van der Waals surface area (Å²) in [7, 11) is 1.83. The molecule has 3 nitrogen and oxygen atoms in total. The van der Waals surface area contributed by atoms with Crippen LogP contribution in [0.2, 0.25) is 5.02 Å². The Balaban J connectivity index is 2.12. The van der Waals surface area contributed by atoms with E-state index in [1.165, 1.54) is 18.2 Å². The van der Waals surface area contributed by atoms with E-state index in [-0.39, 0.29) is 5.56 Å². The van der Waals surface area contributed by atoms with Crippen molar-refractivity contribution in [2.24, 2.45) is 0 Å². The fourth-order valence-electron chi connectivity index (χ4n) is 2.09. The second kappa shape index (κ2) is 6.70. The standard InChI is InChI=1S/C16H15ClFNO2/c1-19(9-12-4-2-3-5-14(12)17)10-13-8-11(16(20)21)6-7-15(13)18/h2-8H,9-10H2,1H3,(H,20,21). The smallest absolute Gasteiger partial charge is 0.335 e. The van der Waals surface area contributed by atoms with E-state index in [1.807, 2.05) is 30.1 Å². The van der Waals surface area contributed by atoms with Gasteiger partial charge in [0, 0.05) is 23.7 Å². The Bertz CT molecular complexity index is 660. The molecule has 0 aliphatic carbocycles. The molecule has 110 valence electrons. The monoisotopic (exact) mass is 307 g/mol. The highest BCUT2D eigenvalue weighted by Crippen LogP contribution is 2.18. The topological polar surface area (TPSA) is 40.5 Å². The molecule has 0 spiro atoms. The van der Waals surface area contributed by atoms with Gasteiger partial charge in [0.1, 0.15) is 5.82 Å². The molecule has 21 heavy (non-hydrogen) atoms. The van der Waals surface area contributed by atoms with Gasteiger partial charge in [-0.2, -0.15) is 0 Å². The van der Waals surface area contributed by atoms with Crippen molar-refractivity contribution < 1.29 is 14.3 Å². The van der Waals surface area contributed by atoms with E-state index in [0.29, 0.717) is 23.7 Å². The molecule has 2 aromatic carbocycles. The fraction of sp³-hybridized carbons (Fsp3) is 0.188. The zero-order valence-corrected chi connectivity index (χ0v) is 12.3. The average Bonchev–Trinajstić information content (AvgIpc) is 2.43. The highest BCUT2D eigenvalue weighted by Gasteiger charge is 2.11. The Kier molecular flexibility index (Phi) is 4.94. The Morgan fingerprint density at radius 1 is 1.19 bits per heavy atom. The normalized spacial score (nSPS) is 10.9. The van der Waals surface area contributed by atoms with E-state index < -0.39 is 11.8 Å². The minimum absolute atomic E-state index is 0.0811. The van der Waals surface area contributed by atoms with Crippen molar-refractivity contribution in [1.29, 1.82) is 0 Å². The first-order valence-corrected chi connectivity index (χ1v) is 6.79. The molecule has 0 bridgehead atoms. The van der Waals surface area contributed by atoms with Gasteiger partial charge in [-0.3, -0.25) is 4.90 Å². The van der Waals surface area contributed by atoms with Crippen molar-refractivity contribution in [2.45, 2.75) is 13.1 Å². The lowest BCUT2D eigenvalue weighted by molar-refractivity contribution is 0.0696. The number of carboxylic acids is 1. The van der Waals surface area contributed by atoms with Crippen LogP contribution in [0.4, 0.5) is 4.39 Å². The Morgan fingerprint density at radius 2 is 1.86 bits per heavy atom. The first kappa shape index (κ1) is 15.5. The highest BCUT2D eigenvalue weighted by atomic mass is 35.5. The maximum absolute atomic E-state index is 13.8. The fourth-order valence-corrected chi connectivity index (χ4v) is 2.29. The first-order valence-electron chi connectivity index (χ1n) is 6.41. The number of carbonyl (C=O) groups is 1. The van der Waals surface area contributed by atoms with E-state index in [1.54, 1.807) is 6.07 Å². The van der Waals surface area contributed by atoms with Gasteiger partial charge in [0.15, 0.2) is 0 Å². The van der Waals surface area contributed by atoms with Gasteiger partial charge in [0.25, 0.3) is 0 Å². The second-order valence-electron chi connectivity index (χ2n) is 4.88. The molecule has 0 atom stereocenters. The van der Waals surface area contributed by atoms with Crippen molar-refractivity contribution in [3.05, 3.63) is 70.0 Å². The van der Waals surface area contributed by atoms with Gasteiger partial charge in [-0.15, -0.1) is 0 Å². The third-order valence-corrected chi connectivity index (χ3v) is 3.50. The zero-order valence-electron chi connectivity index (χ0n) is 11.5. The van der Waals surface area contributed by atoms with Gasteiger partial charge in [-0.1, -0.05) is 29.8 Å². The maximum Gasteiger partial charge on any atom is 0.335 e. The van der Waals surface area contributed by atoms with Crippen LogP contribution in [0, 0.1) is 5.82 Å². The third-order valence-electron chi connectivity index (χ3n) is 3.13. The van der Waals surface area contributed by atoms with Crippen LogP contribution >= 0.6 is 11.6 Å². The molecule has 1 N–H and O–H groups in total. The summed E-state index contributed by atoms with van der Waals surface area (Å²) in [5.74, 6) is -1.48. The van der Waals surface area contributed by atoms with Crippen LogP contribution in [-0.4, -0.2) is 23.0 Å². The summed E-state index contributed by atoms with van der Waals surface area (Å²) in [6, 6.07) is 11.2. The van der Waals surface area contributed by atoms with Crippen LogP contribution < -0.4 is 0 Å². The molecule has 0 fully saturated rings. The molecule has 0 unspecified atom stereocenters. The maximum atomic E-state index is 13.8. The Labute approximate surface area is 127 Å². The van der Waals surface area contributed by atoms with Crippen molar-refractivity contribution in [2.75, 3.05) is 7.05 Å². The summed E-state index contributed by atoms with van der Waals surface area (Å²) >= 11 is 6.09. The van der Waals surface area contributed by atoms with Crippen molar-refractivity contribution in [1.82, 2.24) is 4.90 Å². The van der Waals surface area contributed by atoms with Gasteiger partial charge in [0.05, 0.1) is 5.56 Å². The molecular weight excluding hydrogens is 293 g/mol. The quantitative estimate of drug-likeness (QED) is 0.913. The molecule has 2 rings (SSSR count). The minimum Gasteiger partial charge on any atom is -0.478 e. The van der Waals surface area contributed by atoms with E-state index in [2.05, 4.69) is 0 Å². The summed E-state index contributed by atoms with van der Waals surface area (Å²) in [5.41, 5.74) is 1.37. The minimum atomic E-state index is -1.06. The Hall–Kier alpha value is -1.91. The largest absolute Gasteiger partial charge is 0.478 e.